The maximum Gasteiger partial charge on any atom is 0.311 e. The molecule has 0 bridgehead atoms. The van der Waals surface area contributed by atoms with E-state index in [9.17, 15) is 27.5 Å². The van der Waals surface area contributed by atoms with E-state index in [1.807, 2.05) is 0 Å². The first-order valence-corrected chi connectivity index (χ1v) is 9.11. The van der Waals surface area contributed by atoms with Crippen LogP contribution in [0.4, 0.5) is 4.39 Å². The minimum atomic E-state index is -3.76. The van der Waals surface area contributed by atoms with Crippen molar-refractivity contribution in [3.05, 3.63) is 30.1 Å². The molecule has 1 saturated heterocycles. The zero-order valence-corrected chi connectivity index (χ0v) is 14.3. The summed E-state index contributed by atoms with van der Waals surface area (Å²) in [6.45, 7) is 3.36. The van der Waals surface area contributed by atoms with Crippen molar-refractivity contribution in [3.63, 3.8) is 0 Å². The number of nitrogens with zero attached hydrogens (tertiary/aromatic N) is 1. The molecule has 2 rings (SSSR count). The molecule has 132 valence electrons. The number of carboxylic acids is 1. The van der Waals surface area contributed by atoms with E-state index in [1.165, 1.54) is 24.0 Å². The second-order valence-corrected chi connectivity index (χ2v) is 8.81. The Morgan fingerprint density at radius 1 is 1.33 bits per heavy atom. The average Bonchev–Trinajstić information content (AvgIpc) is 2.91. The zero-order valence-electron chi connectivity index (χ0n) is 13.5. The number of hydrogen-bond donors (Lipinski definition) is 1. The van der Waals surface area contributed by atoms with Crippen LogP contribution in [0.3, 0.4) is 0 Å². The summed E-state index contributed by atoms with van der Waals surface area (Å²) in [5.74, 6) is -1.90. The Balaban J connectivity index is 2.06. The van der Waals surface area contributed by atoms with Crippen LogP contribution in [0.15, 0.2) is 29.2 Å². The lowest BCUT2D eigenvalue weighted by Gasteiger charge is -2.21. The Morgan fingerprint density at radius 3 is 2.42 bits per heavy atom. The fourth-order valence-electron chi connectivity index (χ4n) is 2.69. The van der Waals surface area contributed by atoms with Crippen molar-refractivity contribution >= 4 is 21.7 Å². The van der Waals surface area contributed by atoms with Crippen molar-refractivity contribution in [2.75, 3.05) is 13.1 Å². The number of carbonyl (C=O) groups excluding carboxylic acids is 1. The van der Waals surface area contributed by atoms with Gasteiger partial charge in [-0.25, -0.2) is 12.8 Å². The van der Waals surface area contributed by atoms with E-state index in [1.54, 1.807) is 6.92 Å². The van der Waals surface area contributed by atoms with E-state index >= 15 is 0 Å². The summed E-state index contributed by atoms with van der Waals surface area (Å²) in [4.78, 5) is 24.9. The highest BCUT2D eigenvalue weighted by atomic mass is 32.2. The van der Waals surface area contributed by atoms with Gasteiger partial charge < -0.3 is 10.0 Å². The maximum atomic E-state index is 12.9. The molecular weight excluding hydrogens is 337 g/mol. The molecule has 1 aromatic carbocycles. The third kappa shape index (κ3) is 3.58. The van der Waals surface area contributed by atoms with Crippen LogP contribution >= 0.6 is 0 Å². The lowest BCUT2D eigenvalue weighted by atomic mass is 9.90. The van der Waals surface area contributed by atoms with Gasteiger partial charge in [-0.1, -0.05) is 0 Å². The van der Waals surface area contributed by atoms with Gasteiger partial charge in [0.15, 0.2) is 9.84 Å². The molecular formula is C16H20FNO5S. The molecule has 1 amide bonds. The van der Waals surface area contributed by atoms with Crippen molar-refractivity contribution < 1.29 is 27.5 Å². The first-order valence-electron chi connectivity index (χ1n) is 7.57. The Bertz CT molecular complexity index is 746. The summed E-state index contributed by atoms with van der Waals surface area (Å²) in [7, 11) is -3.76. The predicted octanol–water partition coefficient (Wildman–Crippen LogP) is 1.70. The molecule has 1 aromatic rings. The molecule has 2 atom stereocenters. The van der Waals surface area contributed by atoms with Crippen LogP contribution in [-0.2, 0) is 19.4 Å². The highest BCUT2D eigenvalue weighted by Gasteiger charge is 2.42. The minimum absolute atomic E-state index is 0.0407. The van der Waals surface area contributed by atoms with Gasteiger partial charge in [-0.3, -0.25) is 9.59 Å². The number of benzene rings is 1. The van der Waals surface area contributed by atoms with Crippen molar-refractivity contribution in [2.24, 2.45) is 5.41 Å². The summed E-state index contributed by atoms with van der Waals surface area (Å²) in [6, 6.07) is 4.45. The van der Waals surface area contributed by atoms with Crippen LogP contribution in [-0.4, -0.2) is 48.6 Å². The molecule has 8 heteroatoms. The molecule has 1 aliphatic rings. The van der Waals surface area contributed by atoms with Crippen molar-refractivity contribution in [2.45, 2.75) is 36.8 Å². The Labute approximate surface area is 140 Å². The largest absolute Gasteiger partial charge is 0.481 e. The number of carboxylic acid groups (broad SMARTS) is 1. The molecule has 0 saturated carbocycles. The Morgan fingerprint density at radius 2 is 1.92 bits per heavy atom. The summed E-state index contributed by atoms with van der Waals surface area (Å²) in [5.41, 5.74) is -0.991. The second-order valence-electron chi connectivity index (χ2n) is 6.44. The lowest BCUT2D eigenvalue weighted by Crippen LogP contribution is -2.36. The third-order valence-corrected chi connectivity index (χ3v) is 6.63. The molecule has 24 heavy (non-hydrogen) atoms. The van der Waals surface area contributed by atoms with E-state index in [-0.39, 0.29) is 17.9 Å². The molecule has 0 aliphatic carbocycles. The number of hydrogen-bond acceptors (Lipinski definition) is 4. The van der Waals surface area contributed by atoms with Crippen LogP contribution in [0.2, 0.25) is 0 Å². The summed E-state index contributed by atoms with van der Waals surface area (Å²) in [6.07, 6.45) is 0.0998. The van der Waals surface area contributed by atoms with Crippen LogP contribution in [0.25, 0.3) is 0 Å². The van der Waals surface area contributed by atoms with Gasteiger partial charge in [0.05, 0.1) is 15.6 Å². The molecule has 1 N–H and O–H groups in total. The number of aliphatic carboxylic acids is 1. The normalized spacial score (nSPS) is 22.4. The predicted molar refractivity (Wildman–Crippen MR) is 84.6 cm³/mol. The summed E-state index contributed by atoms with van der Waals surface area (Å²) >= 11 is 0. The number of halogens is 1. The molecule has 2 unspecified atom stereocenters. The number of carbonyl (C=O) groups is 2. The molecule has 1 heterocycles. The van der Waals surface area contributed by atoms with Gasteiger partial charge in [0.1, 0.15) is 5.82 Å². The fourth-order valence-corrected chi connectivity index (χ4v) is 4.03. The highest BCUT2D eigenvalue weighted by Crippen LogP contribution is 2.31. The van der Waals surface area contributed by atoms with Crippen LogP contribution in [0.5, 0.6) is 0 Å². The van der Waals surface area contributed by atoms with E-state index in [0.717, 1.165) is 12.1 Å². The van der Waals surface area contributed by atoms with Gasteiger partial charge >= 0.3 is 5.97 Å². The van der Waals surface area contributed by atoms with Gasteiger partial charge in [0.2, 0.25) is 5.91 Å². The summed E-state index contributed by atoms with van der Waals surface area (Å²) in [5, 5.41) is 8.21. The molecule has 1 fully saturated rings. The van der Waals surface area contributed by atoms with Crippen molar-refractivity contribution in [3.8, 4) is 0 Å². The van der Waals surface area contributed by atoms with Gasteiger partial charge in [0, 0.05) is 19.5 Å². The van der Waals surface area contributed by atoms with Crippen LogP contribution in [0, 0.1) is 11.2 Å². The number of sulfone groups is 1. The van der Waals surface area contributed by atoms with Crippen molar-refractivity contribution in [1.29, 1.82) is 0 Å². The maximum absolute atomic E-state index is 12.9. The van der Waals surface area contributed by atoms with Crippen LogP contribution < -0.4 is 0 Å². The number of rotatable bonds is 5. The van der Waals surface area contributed by atoms with E-state index < -0.39 is 38.2 Å². The smallest absolute Gasteiger partial charge is 0.311 e. The minimum Gasteiger partial charge on any atom is -0.481 e. The lowest BCUT2D eigenvalue weighted by molar-refractivity contribution is -0.147. The molecule has 6 nitrogen and oxygen atoms in total. The molecule has 0 aromatic heterocycles. The van der Waals surface area contributed by atoms with Gasteiger partial charge in [-0.2, -0.15) is 0 Å². The highest BCUT2D eigenvalue weighted by molar-refractivity contribution is 7.92. The molecule has 1 aliphatic heterocycles. The first kappa shape index (κ1) is 18.4. The first-order chi connectivity index (χ1) is 11.1. The summed E-state index contributed by atoms with van der Waals surface area (Å²) < 4.78 is 37.8. The average molecular weight is 357 g/mol. The zero-order chi connectivity index (χ0) is 18.1. The van der Waals surface area contributed by atoms with Crippen LogP contribution in [0.1, 0.15) is 26.7 Å². The van der Waals surface area contributed by atoms with Crippen molar-refractivity contribution in [1.82, 2.24) is 4.90 Å². The number of likely N-dealkylation sites (tertiary alicyclic amines) is 1. The Hall–Kier alpha value is -1.96. The van der Waals surface area contributed by atoms with Gasteiger partial charge in [0.25, 0.3) is 0 Å². The Kier molecular flexibility index (Phi) is 4.98. The van der Waals surface area contributed by atoms with E-state index in [4.69, 9.17) is 0 Å². The fraction of sp³-hybridized carbons (Fsp3) is 0.500. The van der Waals surface area contributed by atoms with Gasteiger partial charge in [-0.15, -0.1) is 0 Å². The standard InChI is InChI=1S/C16H20FNO5S/c1-11(24(22,23)13-5-3-12(17)4-6-13)9-14(19)18-8-7-16(2,10-18)15(20)21/h3-6,11H,7-10H2,1-2H3,(H,20,21). The molecule has 0 spiro atoms. The quantitative estimate of drug-likeness (QED) is 0.810. The topological polar surface area (TPSA) is 91.8 Å². The second kappa shape index (κ2) is 6.51. The van der Waals surface area contributed by atoms with E-state index in [2.05, 4.69) is 0 Å². The van der Waals surface area contributed by atoms with E-state index in [0.29, 0.717) is 13.0 Å². The SMILES string of the molecule is CC(CC(=O)N1CCC(C)(C(=O)O)C1)S(=O)(=O)c1ccc(F)cc1. The molecule has 0 radical (unpaired) electrons. The number of amides is 1. The monoisotopic (exact) mass is 357 g/mol. The van der Waals surface area contributed by atoms with Gasteiger partial charge in [-0.05, 0) is 44.5 Å². The third-order valence-electron chi connectivity index (χ3n) is 4.48.